The topological polar surface area (TPSA) is 59.5 Å². The van der Waals surface area contributed by atoms with Gasteiger partial charge in [-0.15, -0.1) is 11.3 Å². The molecule has 1 aliphatic heterocycles. The summed E-state index contributed by atoms with van der Waals surface area (Å²) < 4.78 is 7.61. The van der Waals surface area contributed by atoms with Crippen molar-refractivity contribution in [2.45, 2.75) is 65.0 Å². The Labute approximate surface area is 202 Å². The second kappa shape index (κ2) is 9.07. The summed E-state index contributed by atoms with van der Waals surface area (Å²) in [7, 11) is 0. The third-order valence-corrected chi connectivity index (χ3v) is 8.18. The SMILES string of the molecule is CC[C@@H]1CC[C@@H](Oc2c(C)cc(Cl)cc2-c2ccnc3cc(CN4C(=O)CCC4=O)sc23)C1. The van der Waals surface area contributed by atoms with Crippen LogP contribution in [0.4, 0.5) is 0 Å². The predicted octanol–water partition coefficient (Wildman–Crippen LogP) is 6.53. The second-order valence-electron chi connectivity index (χ2n) is 9.09. The van der Waals surface area contributed by atoms with Gasteiger partial charge in [-0.2, -0.15) is 0 Å². The molecule has 2 amide bonds. The number of benzene rings is 1. The highest BCUT2D eigenvalue weighted by Gasteiger charge is 2.30. The smallest absolute Gasteiger partial charge is 0.230 e. The number of halogens is 1. The zero-order valence-electron chi connectivity index (χ0n) is 18.9. The van der Waals surface area contributed by atoms with Crippen molar-refractivity contribution >= 4 is 45.0 Å². The average Bonchev–Trinajstić information content (AvgIpc) is 3.50. The predicted molar refractivity (Wildman–Crippen MR) is 132 cm³/mol. The number of pyridine rings is 1. The molecular weight excluding hydrogens is 456 g/mol. The molecule has 0 spiro atoms. The fourth-order valence-electron chi connectivity index (χ4n) is 4.99. The minimum absolute atomic E-state index is 0.103. The Balaban J connectivity index is 1.53. The number of ether oxygens (including phenoxy) is 1. The van der Waals surface area contributed by atoms with E-state index in [-0.39, 0.29) is 17.9 Å². The van der Waals surface area contributed by atoms with E-state index >= 15 is 0 Å². The number of aromatic nitrogens is 1. The lowest BCUT2D eigenvalue weighted by molar-refractivity contribution is -0.138. The maximum atomic E-state index is 12.1. The highest BCUT2D eigenvalue weighted by atomic mass is 35.5. The Hall–Kier alpha value is -2.44. The molecule has 172 valence electrons. The molecule has 2 aromatic heterocycles. The van der Waals surface area contributed by atoms with Gasteiger partial charge in [0.25, 0.3) is 0 Å². The van der Waals surface area contributed by atoms with Gasteiger partial charge in [0.2, 0.25) is 11.8 Å². The molecule has 1 saturated carbocycles. The molecule has 2 aliphatic rings. The number of hydrogen-bond acceptors (Lipinski definition) is 5. The van der Waals surface area contributed by atoms with Crippen LogP contribution in [-0.4, -0.2) is 27.8 Å². The maximum Gasteiger partial charge on any atom is 0.230 e. The van der Waals surface area contributed by atoms with Gasteiger partial charge in [0.1, 0.15) is 5.75 Å². The number of fused-ring (bicyclic) bond motifs is 1. The number of amides is 2. The number of rotatable bonds is 6. The molecule has 0 unspecified atom stereocenters. The van der Waals surface area contributed by atoms with Gasteiger partial charge in [-0.05, 0) is 61.9 Å². The Bertz CT molecular complexity index is 1220. The summed E-state index contributed by atoms with van der Waals surface area (Å²) in [5.74, 6) is 1.41. The monoisotopic (exact) mass is 482 g/mol. The van der Waals surface area contributed by atoms with Crippen LogP contribution in [0.2, 0.25) is 5.02 Å². The van der Waals surface area contributed by atoms with Crippen molar-refractivity contribution in [3.05, 3.63) is 45.9 Å². The summed E-state index contributed by atoms with van der Waals surface area (Å²) in [5, 5.41) is 0.669. The van der Waals surface area contributed by atoms with E-state index in [1.165, 1.54) is 17.7 Å². The molecule has 1 aromatic carbocycles. The summed E-state index contributed by atoms with van der Waals surface area (Å²) in [6.45, 7) is 4.59. The van der Waals surface area contributed by atoms with E-state index in [1.807, 2.05) is 31.2 Å². The molecule has 7 heteroatoms. The molecule has 0 N–H and O–H groups in total. The lowest BCUT2D eigenvalue weighted by atomic mass is 10.0. The van der Waals surface area contributed by atoms with Gasteiger partial charge in [0.05, 0.1) is 22.9 Å². The summed E-state index contributed by atoms with van der Waals surface area (Å²) >= 11 is 8.06. The quantitative estimate of drug-likeness (QED) is 0.374. The first-order valence-electron chi connectivity index (χ1n) is 11.6. The third-order valence-electron chi connectivity index (χ3n) is 6.82. The first-order chi connectivity index (χ1) is 15.9. The van der Waals surface area contributed by atoms with Crippen molar-refractivity contribution in [2.24, 2.45) is 5.92 Å². The number of nitrogens with zero attached hydrogens (tertiary/aromatic N) is 2. The normalized spacial score (nSPS) is 20.9. The van der Waals surface area contributed by atoms with Crippen molar-refractivity contribution in [1.82, 2.24) is 9.88 Å². The largest absolute Gasteiger partial charge is 0.489 e. The zero-order valence-corrected chi connectivity index (χ0v) is 20.5. The summed E-state index contributed by atoms with van der Waals surface area (Å²) in [4.78, 5) is 31.0. The number of hydrogen-bond donors (Lipinski definition) is 0. The Morgan fingerprint density at radius 3 is 2.67 bits per heavy atom. The van der Waals surface area contributed by atoms with Crippen LogP contribution in [0, 0.1) is 12.8 Å². The summed E-state index contributed by atoms with van der Waals surface area (Å²) in [5.41, 5.74) is 3.85. The van der Waals surface area contributed by atoms with Gasteiger partial charge >= 0.3 is 0 Å². The van der Waals surface area contributed by atoms with Crippen molar-refractivity contribution in [2.75, 3.05) is 0 Å². The minimum atomic E-state index is -0.103. The van der Waals surface area contributed by atoms with Gasteiger partial charge in [-0.1, -0.05) is 24.9 Å². The van der Waals surface area contributed by atoms with Crippen molar-refractivity contribution in [3.8, 4) is 16.9 Å². The van der Waals surface area contributed by atoms with Gasteiger partial charge < -0.3 is 4.74 Å². The van der Waals surface area contributed by atoms with E-state index in [4.69, 9.17) is 16.3 Å². The number of aryl methyl sites for hydroxylation is 1. The van der Waals surface area contributed by atoms with Crippen molar-refractivity contribution < 1.29 is 14.3 Å². The highest BCUT2D eigenvalue weighted by Crippen LogP contribution is 2.43. The number of carbonyl (C=O) groups excluding carboxylic acids is 2. The van der Waals surface area contributed by atoms with Crippen molar-refractivity contribution in [1.29, 1.82) is 0 Å². The van der Waals surface area contributed by atoms with E-state index in [2.05, 4.69) is 11.9 Å². The first-order valence-corrected chi connectivity index (χ1v) is 12.8. The second-order valence-corrected chi connectivity index (χ2v) is 10.7. The van der Waals surface area contributed by atoms with Crippen molar-refractivity contribution in [3.63, 3.8) is 0 Å². The number of imide groups is 1. The standard InChI is InChI=1S/C26H27ClN2O3S/c1-3-16-4-5-18(11-16)32-25-15(2)10-17(27)12-21(25)20-8-9-28-22-13-19(33-26(20)22)14-29-23(30)6-7-24(29)31/h8-10,12-13,16,18H,3-7,11,14H2,1-2H3/t16-,18-/m1/s1. The Kier molecular flexibility index (Phi) is 6.14. The third kappa shape index (κ3) is 4.38. The molecule has 33 heavy (non-hydrogen) atoms. The summed E-state index contributed by atoms with van der Waals surface area (Å²) in [6.07, 6.45) is 7.19. The van der Waals surface area contributed by atoms with Gasteiger partial charge in [0, 0.05) is 40.1 Å². The minimum Gasteiger partial charge on any atom is -0.489 e. The molecule has 5 nitrogen and oxygen atoms in total. The van der Waals surface area contributed by atoms with Crippen LogP contribution in [0.1, 0.15) is 55.9 Å². The zero-order chi connectivity index (χ0) is 23.1. The van der Waals surface area contributed by atoms with Crippen LogP contribution in [0.3, 0.4) is 0 Å². The van der Waals surface area contributed by atoms with Crippen LogP contribution in [0.15, 0.2) is 30.5 Å². The summed E-state index contributed by atoms with van der Waals surface area (Å²) in [6, 6.07) is 7.90. The Morgan fingerprint density at radius 2 is 1.94 bits per heavy atom. The van der Waals surface area contributed by atoms with Crippen LogP contribution < -0.4 is 4.74 Å². The van der Waals surface area contributed by atoms with E-state index in [9.17, 15) is 9.59 Å². The molecule has 3 aromatic rings. The van der Waals surface area contributed by atoms with Gasteiger partial charge in [0.15, 0.2) is 0 Å². The lowest BCUT2D eigenvalue weighted by Gasteiger charge is -2.20. The molecule has 1 aliphatic carbocycles. The highest BCUT2D eigenvalue weighted by molar-refractivity contribution is 7.19. The van der Waals surface area contributed by atoms with E-state index in [0.29, 0.717) is 24.4 Å². The Morgan fingerprint density at radius 1 is 1.15 bits per heavy atom. The molecule has 2 fully saturated rings. The van der Waals surface area contributed by atoms with Crippen LogP contribution in [-0.2, 0) is 16.1 Å². The molecule has 2 atom stereocenters. The molecular formula is C26H27ClN2O3S. The van der Waals surface area contributed by atoms with E-state index in [1.54, 1.807) is 17.5 Å². The van der Waals surface area contributed by atoms with Crippen LogP contribution in [0.25, 0.3) is 21.3 Å². The molecule has 3 heterocycles. The van der Waals surface area contributed by atoms with Gasteiger partial charge in [-0.3, -0.25) is 19.5 Å². The molecule has 0 bridgehead atoms. The molecule has 5 rings (SSSR count). The van der Waals surface area contributed by atoms with E-state index < -0.39 is 0 Å². The van der Waals surface area contributed by atoms with Gasteiger partial charge in [-0.25, -0.2) is 0 Å². The molecule has 0 radical (unpaired) electrons. The van der Waals surface area contributed by atoms with Crippen LogP contribution in [0.5, 0.6) is 5.75 Å². The lowest BCUT2D eigenvalue weighted by Crippen LogP contribution is -2.27. The number of carbonyl (C=O) groups is 2. The molecule has 1 saturated heterocycles. The number of likely N-dealkylation sites (tertiary alicyclic amines) is 1. The first kappa shape index (κ1) is 22.4. The average molecular weight is 483 g/mol. The fourth-order valence-corrected chi connectivity index (χ4v) is 6.40. The number of thiophene rings is 1. The van der Waals surface area contributed by atoms with E-state index in [0.717, 1.165) is 56.3 Å². The fraction of sp³-hybridized carbons (Fsp3) is 0.423. The maximum absolute atomic E-state index is 12.1. The van der Waals surface area contributed by atoms with Crippen LogP contribution >= 0.6 is 22.9 Å².